The Balaban J connectivity index is 1.77. The minimum absolute atomic E-state index is 0.0723. The van der Waals surface area contributed by atoms with Gasteiger partial charge in [0.1, 0.15) is 5.75 Å². The highest BCUT2D eigenvalue weighted by Gasteiger charge is 2.17. The van der Waals surface area contributed by atoms with Gasteiger partial charge in [-0.25, -0.2) is 4.79 Å². The maximum Gasteiger partial charge on any atom is 0.337 e. The molecule has 8 nitrogen and oxygen atoms in total. The first-order chi connectivity index (χ1) is 12.6. The van der Waals surface area contributed by atoms with Crippen LogP contribution < -0.4 is 4.74 Å². The molecule has 2 aromatic carbocycles. The van der Waals surface area contributed by atoms with Crippen LogP contribution in [0, 0.1) is 0 Å². The fourth-order valence-corrected chi connectivity index (χ4v) is 3.03. The van der Waals surface area contributed by atoms with E-state index >= 15 is 0 Å². The number of carbonyl (C=O) groups is 2. The third-order valence-corrected chi connectivity index (χ3v) is 4.47. The van der Waals surface area contributed by atoms with Crippen LogP contribution in [0.3, 0.4) is 0 Å². The van der Waals surface area contributed by atoms with Crippen molar-refractivity contribution in [1.82, 2.24) is 20.2 Å². The number of carboxylic acid groups (broad SMARTS) is 1. The minimum Gasteiger partial charge on any atom is -0.497 e. The maximum atomic E-state index is 12.3. The van der Waals surface area contributed by atoms with Crippen molar-refractivity contribution in [3.63, 3.8) is 0 Å². The molecule has 0 aliphatic rings. The second-order valence-electron chi connectivity index (χ2n) is 5.14. The Bertz CT molecular complexity index is 940. The molecule has 0 bridgehead atoms. The summed E-state index contributed by atoms with van der Waals surface area (Å²) in [7, 11) is 1.56. The van der Waals surface area contributed by atoms with Crippen LogP contribution in [0.25, 0.3) is 5.69 Å². The quantitative estimate of drug-likeness (QED) is 0.499. The van der Waals surface area contributed by atoms with Gasteiger partial charge in [0, 0.05) is 5.56 Å². The zero-order valence-electron chi connectivity index (χ0n) is 13.7. The number of aromatic carboxylic acids is 1. The van der Waals surface area contributed by atoms with Gasteiger partial charge in [0.25, 0.3) is 0 Å². The number of rotatable bonds is 7. The lowest BCUT2D eigenvalue weighted by molar-refractivity contribution is 0.0696. The molecule has 0 fully saturated rings. The van der Waals surface area contributed by atoms with Gasteiger partial charge < -0.3 is 9.84 Å². The molecule has 0 unspecified atom stereocenters. The van der Waals surface area contributed by atoms with E-state index in [2.05, 4.69) is 15.5 Å². The number of benzene rings is 2. The molecule has 132 valence electrons. The van der Waals surface area contributed by atoms with Crippen molar-refractivity contribution in [3.8, 4) is 11.4 Å². The summed E-state index contributed by atoms with van der Waals surface area (Å²) < 4.78 is 6.38. The number of hydrogen-bond donors (Lipinski definition) is 1. The van der Waals surface area contributed by atoms with Crippen LogP contribution in [0.5, 0.6) is 5.75 Å². The third kappa shape index (κ3) is 3.72. The molecular formula is C17H14N4O4S. The molecule has 0 radical (unpaired) electrons. The Morgan fingerprint density at radius 1 is 1.15 bits per heavy atom. The van der Waals surface area contributed by atoms with Gasteiger partial charge in [-0.05, 0) is 46.8 Å². The highest BCUT2D eigenvalue weighted by molar-refractivity contribution is 7.99. The summed E-state index contributed by atoms with van der Waals surface area (Å²) in [6.07, 6.45) is 0. The molecule has 0 spiro atoms. The number of ether oxygens (including phenoxy) is 1. The van der Waals surface area contributed by atoms with E-state index < -0.39 is 5.97 Å². The Labute approximate surface area is 152 Å². The van der Waals surface area contributed by atoms with Crippen molar-refractivity contribution < 1.29 is 19.4 Å². The fourth-order valence-electron chi connectivity index (χ4n) is 2.25. The predicted molar refractivity (Wildman–Crippen MR) is 94.2 cm³/mol. The Kier molecular flexibility index (Phi) is 5.28. The van der Waals surface area contributed by atoms with Crippen molar-refractivity contribution in [3.05, 3.63) is 59.7 Å². The largest absolute Gasteiger partial charge is 0.497 e. The van der Waals surface area contributed by atoms with E-state index in [0.29, 0.717) is 22.2 Å². The van der Waals surface area contributed by atoms with Crippen molar-refractivity contribution in [2.45, 2.75) is 5.16 Å². The molecule has 26 heavy (non-hydrogen) atoms. The lowest BCUT2D eigenvalue weighted by Gasteiger charge is -2.07. The minimum atomic E-state index is -1.08. The van der Waals surface area contributed by atoms with Gasteiger partial charge in [0.2, 0.25) is 5.16 Å². The molecule has 0 saturated carbocycles. The zero-order valence-corrected chi connectivity index (χ0v) is 14.5. The average Bonchev–Trinajstić information content (AvgIpc) is 3.14. The van der Waals surface area contributed by atoms with Gasteiger partial charge in [-0.3, -0.25) is 4.79 Å². The summed E-state index contributed by atoms with van der Waals surface area (Å²) in [5.41, 5.74) is 0.954. The highest BCUT2D eigenvalue weighted by atomic mass is 32.2. The molecule has 1 heterocycles. The lowest BCUT2D eigenvalue weighted by Crippen LogP contribution is -2.09. The van der Waals surface area contributed by atoms with Crippen molar-refractivity contribution in [1.29, 1.82) is 0 Å². The second-order valence-corrected chi connectivity index (χ2v) is 6.08. The van der Waals surface area contributed by atoms with Gasteiger partial charge in [0.15, 0.2) is 5.78 Å². The molecule has 1 aromatic heterocycles. The number of nitrogens with zero attached hydrogens (tertiary/aromatic N) is 4. The van der Waals surface area contributed by atoms with Crippen LogP contribution in [0.15, 0.2) is 53.7 Å². The van der Waals surface area contributed by atoms with E-state index in [1.807, 2.05) is 0 Å². The summed E-state index contributed by atoms with van der Waals surface area (Å²) in [6.45, 7) is 0. The van der Waals surface area contributed by atoms with Crippen molar-refractivity contribution in [2.24, 2.45) is 0 Å². The fraction of sp³-hybridized carbons (Fsp3) is 0.118. The molecule has 0 aliphatic heterocycles. The number of thioether (sulfide) groups is 1. The lowest BCUT2D eigenvalue weighted by atomic mass is 10.1. The number of hydrogen-bond acceptors (Lipinski definition) is 7. The first-order valence-electron chi connectivity index (χ1n) is 7.51. The molecule has 1 N–H and O–H groups in total. The maximum absolute atomic E-state index is 12.3. The normalized spacial score (nSPS) is 10.5. The van der Waals surface area contributed by atoms with Gasteiger partial charge in [-0.2, -0.15) is 4.68 Å². The van der Waals surface area contributed by atoms with E-state index in [1.165, 1.54) is 10.7 Å². The van der Waals surface area contributed by atoms with Gasteiger partial charge >= 0.3 is 5.97 Å². The monoisotopic (exact) mass is 370 g/mol. The van der Waals surface area contributed by atoms with Crippen molar-refractivity contribution in [2.75, 3.05) is 12.9 Å². The van der Waals surface area contributed by atoms with E-state index in [9.17, 15) is 14.7 Å². The molecule has 0 atom stereocenters. The molecule has 0 saturated heterocycles. The first-order valence-corrected chi connectivity index (χ1v) is 8.50. The van der Waals surface area contributed by atoms with Crippen LogP contribution in [-0.2, 0) is 0 Å². The van der Waals surface area contributed by atoms with Crippen LogP contribution in [0.2, 0.25) is 0 Å². The number of carbonyl (C=O) groups excluding carboxylic acids is 1. The van der Waals surface area contributed by atoms with E-state index in [0.717, 1.165) is 11.8 Å². The van der Waals surface area contributed by atoms with E-state index in [1.54, 1.807) is 49.6 Å². The Hall–Kier alpha value is -3.20. The number of Topliss-reactive ketones (excluding diaryl/α,β-unsaturated/α-hetero) is 1. The number of aromatic nitrogens is 4. The first kappa shape index (κ1) is 17.6. The van der Waals surface area contributed by atoms with Crippen LogP contribution in [0.4, 0.5) is 0 Å². The molecular weight excluding hydrogens is 356 g/mol. The second kappa shape index (κ2) is 7.79. The number of para-hydroxylation sites is 1. The summed E-state index contributed by atoms with van der Waals surface area (Å²) in [6, 6.07) is 13.2. The summed E-state index contributed by atoms with van der Waals surface area (Å²) in [5.74, 6) is -0.398. The van der Waals surface area contributed by atoms with Gasteiger partial charge in [0.05, 0.1) is 24.1 Å². The predicted octanol–water partition coefficient (Wildman–Crippen LogP) is 2.34. The molecule has 0 aliphatic carbocycles. The highest BCUT2D eigenvalue weighted by Crippen LogP contribution is 2.22. The SMILES string of the molecule is COc1ccc(C(=O)CSc2nnnn2-c2ccccc2C(=O)O)cc1. The van der Waals surface area contributed by atoms with Gasteiger partial charge in [-0.15, -0.1) is 5.10 Å². The standard InChI is InChI=1S/C17H14N4O4S/c1-25-12-8-6-11(7-9-12)15(22)10-26-17-18-19-20-21(17)14-5-3-2-4-13(14)16(23)24/h2-9H,10H2,1H3,(H,23,24). The number of tetrazole rings is 1. The Morgan fingerprint density at radius 2 is 1.88 bits per heavy atom. The third-order valence-electron chi connectivity index (χ3n) is 3.55. The summed E-state index contributed by atoms with van der Waals surface area (Å²) >= 11 is 1.13. The van der Waals surface area contributed by atoms with Crippen LogP contribution in [-0.4, -0.2) is 49.9 Å². The smallest absolute Gasteiger partial charge is 0.337 e. The molecule has 3 aromatic rings. The Morgan fingerprint density at radius 3 is 2.58 bits per heavy atom. The van der Waals surface area contributed by atoms with E-state index in [4.69, 9.17) is 4.74 Å². The molecule has 0 amide bonds. The average molecular weight is 370 g/mol. The van der Waals surface area contributed by atoms with Crippen LogP contribution >= 0.6 is 11.8 Å². The van der Waals surface area contributed by atoms with Crippen LogP contribution in [0.1, 0.15) is 20.7 Å². The van der Waals surface area contributed by atoms with Crippen molar-refractivity contribution >= 4 is 23.5 Å². The molecule has 3 rings (SSSR count). The van der Waals surface area contributed by atoms with E-state index in [-0.39, 0.29) is 17.1 Å². The topological polar surface area (TPSA) is 107 Å². The number of carboxylic acids is 1. The van der Waals surface area contributed by atoms with Gasteiger partial charge in [-0.1, -0.05) is 23.9 Å². The zero-order chi connectivity index (χ0) is 18.5. The molecule has 9 heteroatoms. The summed E-state index contributed by atoms with van der Waals surface area (Å²) in [5, 5.41) is 21.0. The summed E-state index contributed by atoms with van der Waals surface area (Å²) in [4.78, 5) is 23.7. The number of methoxy groups -OCH3 is 1. The number of ketones is 1.